The maximum atomic E-state index is 5.64. The van der Waals surface area contributed by atoms with Crippen LogP contribution in [0, 0.1) is 5.41 Å². The Morgan fingerprint density at radius 2 is 1.58 bits per heavy atom. The smallest absolute Gasteiger partial charge is 0.0623 e. The van der Waals surface area contributed by atoms with E-state index >= 15 is 0 Å². The van der Waals surface area contributed by atoms with Crippen molar-refractivity contribution in [2.24, 2.45) is 11.1 Å². The van der Waals surface area contributed by atoms with Gasteiger partial charge in [-0.05, 0) is 38.6 Å². The molecule has 0 aromatic rings. The molecule has 12 heavy (non-hydrogen) atoms. The molecule has 0 amide bonds. The molecule has 0 bridgehead atoms. The highest BCUT2D eigenvalue weighted by Crippen LogP contribution is 2.26. The predicted molar refractivity (Wildman–Crippen MR) is 53.2 cm³/mol. The van der Waals surface area contributed by atoms with Crippen LogP contribution in [0.3, 0.4) is 0 Å². The SMILES string of the molecule is COC(C)(C)CCC(C)(C)CN. The van der Waals surface area contributed by atoms with Gasteiger partial charge in [0, 0.05) is 7.11 Å². The fraction of sp³-hybridized carbons (Fsp3) is 1.00. The molecular formula is C10H23NO. The van der Waals surface area contributed by atoms with Gasteiger partial charge in [0.1, 0.15) is 0 Å². The van der Waals surface area contributed by atoms with Crippen molar-refractivity contribution in [2.75, 3.05) is 13.7 Å². The number of hydrogen-bond donors (Lipinski definition) is 1. The summed E-state index contributed by atoms with van der Waals surface area (Å²) in [5.74, 6) is 0. The fourth-order valence-electron chi connectivity index (χ4n) is 0.844. The van der Waals surface area contributed by atoms with Crippen LogP contribution < -0.4 is 5.73 Å². The molecule has 0 aliphatic heterocycles. The van der Waals surface area contributed by atoms with E-state index in [-0.39, 0.29) is 11.0 Å². The molecular weight excluding hydrogens is 150 g/mol. The largest absolute Gasteiger partial charge is 0.379 e. The van der Waals surface area contributed by atoms with Crippen LogP contribution in [0.4, 0.5) is 0 Å². The number of methoxy groups -OCH3 is 1. The summed E-state index contributed by atoms with van der Waals surface area (Å²) in [6, 6.07) is 0. The first-order valence-electron chi connectivity index (χ1n) is 4.58. The lowest BCUT2D eigenvalue weighted by Crippen LogP contribution is -2.29. The lowest BCUT2D eigenvalue weighted by atomic mass is 9.84. The van der Waals surface area contributed by atoms with Crippen LogP contribution in [-0.4, -0.2) is 19.3 Å². The van der Waals surface area contributed by atoms with Gasteiger partial charge < -0.3 is 10.5 Å². The number of ether oxygens (including phenoxy) is 1. The van der Waals surface area contributed by atoms with Crippen molar-refractivity contribution in [3.8, 4) is 0 Å². The summed E-state index contributed by atoms with van der Waals surface area (Å²) in [5.41, 5.74) is 5.87. The predicted octanol–water partition coefficient (Wildman–Crippen LogP) is 2.18. The van der Waals surface area contributed by atoms with E-state index in [0.29, 0.717) is 0 Å². The molecule has 0 saturated carbocycles. The van der Waals surface area contributed by atoms with Gasteiger partial charge in [-0.2, -0.15) is 0 Å². The fourth-order valence-corrected chi connectivity index (χ4v) is 0.844. The van der Waals surface area contributed by atoms with Crippen LogP contribution >= 0.6 is 0 Å². The lowest BCUT2D eigenvalue weighted by molar-refractivity contribution is 0.00642. The van der Waals surface area contributed by atoms with E-state index in [0.717, 1.165) is 19.4 Å². The Labute approximate surface area is 76.5 Å². The summed E-state index contributed by atoms with van der Waals surface area (Å²) in [5, 5.41) is 0. The minimum atomic E-state index is -0.00750. The Balaban J connectivity index is 3.82. The number of nitrogens with two attached hydrogens (primary N) is 1. The lowest BCUT2D eigenvalue weighted by Gasteiger charge is -2.29. The first kappa shape index (κ1) is 11.9. The van der Waals surface area contributed by atoms with E-state index in [9.17, 15) is 0 Å². The van der Waals surface area contributed by atoms with Gasteiger partial charge in [0.25, 0.3) is 0 Å². The highest BCUT2D eigenvalue weighted by molar-refractivity contribution is 4.75. The zero-order valence-corrected chi connectivity index (χ0v) is 9.11. The van der Waals surface area contributed by atoms with Gasteiger partial charge in [0.2, 0.25) is 0 Å². The van der Waals surface area contributed by atoms with E-state index < -0.39 is 0 Å². The zero-order chi connectivity index (χ0) is 9.83. The second kappa shape index (κ2) is 4.24. The zero-order valence-electron chi connectivity index (χ0n) is 9.11. The van der Waals surface area contributed by atoms with E-state index in [1.54, 1.807) is 7.11 Å². The molecule has 0 heterocycles. The molecule has 2 nitrogen and oxygen atoms in total. The Hall–Kier alpha value is -0.0800. The molecule has 0 aliphatic rings. The molecule has 2 N–H and O–H groups in total. The van der Waals surface area contributed by atoms with Gasteiger partial charge in [-0.1, -0.05) is 13.8 Å². The van der Waals surface area contributed by atoms with Crippen molar-refractivity contribution in [2.45, 2.75) is 46.1 Å². The third kappa shape index (κ3) is 4.73. The van der Waals surface area contributed by atoms with Gasteiger partial charge in [-0.25, -0.2) is 0 Å². The standard InChI is InChI=1S/C10H23NO/c1-9(2,8-11)6-7-10(3,4)12-5/h6-8,11H2,1-5H3. The Morgan fingerprint density at radius 3 is 1.92 bits per heavy atom. The minimum absolute atomic E-state index is 0.00750. The summed E-state index contributed by atoms with van der Waals surface area (Å²) >= 11 is 0. The Kier molecular flexibility index (Phi) is 4.21. The van der Waals surface area contributed by atoms with Crippen molar-refractivity contribution < 1.29 is 4.74 Å². The quantitative estimate of drug-likeness (QED) is 0.691. The number of hydrogen-bond acceptors (Lipinski definition) is 2. The third-order valence-electron chi connectivity index (χ3n) is 2.51. The molecule has 0 saturated heterocycles. The topological polar surface area (TPSA) is 35.2 Å². The van der Waals surface area contributed by atoms with Gasteiger partial charge in [-0.3, -0.25) is 0 Å². The molecule has 0 radical (unpaired) electrons. The van der Waals surface area contributed by atoms with E-state index in [4.69, 9.17) is 10.5 Å². The summed E-state index contributed by atoms with van der Waals surface area (Å²) in [6.07, 6.45) is 2.18. The second-order valence-corrected chi connectivity index (χ2v) is 4.83. The highest BCUT2D eigenvalue weighted by atomic mass is 16.5. The van der Waals surface area contributed by atoms with Crippen molar-refractivity contribution in [3.63, 3.8) is 0 Å². The number of rotatable bonds is 5. The van der Waals surface area contributed by atoms with Gasteiger partial charge in [-0.15, -0.1) is 0 Å². The van der Waals surface area contributed by atoms with Crippen LogP contribution in [-0.2, 0) is 4.74 Å². The van der Waals surface area contributed by atoms with Crippen molar-refractivity contribution in [1.82, 2.24) is 0 Å². The van der Waals surface area contributed by atoms with Crippen molar-refractivity contribution in [3.05, 3.63) is 0 Å². The van der Waals surface area contributed by atoms with Crippen LogP contribution in [0.1, 0.15) is 40.5 Å². The van der Waals surface area contributed by atoms with Gasteiger partial charge >= 0.3 is 0 Å². The molecule has 74 valence electrons. The van der Waals surface area contributed by atoms with Gasteiger partial charge in [0.15, 0.2) is 0 Å². The van der Waals surface area contributed by atoms with Crippen LogP contribution in [0.2, 0.25) is 0 Å². The van der Waals surface area contributed by atoms with Crippen molar-refractivity contribution >= 4 is 0 Å². The Bertz CT molecular complexity index is 114. The molecule has 0 aromatic heterocycles. The monoisotopic (exact) mass is 173 g/mol. The third-order valence-corrected chi connectivity index (χ3v) is 2.51. The summed E-state index contributed by atoms with van der Waals surface area (Å²) in [4.78, 5) is 0. The average Bonchev–Trinajstić information content (AvgIpc) is 2.02. The van der Waals surface area contributed by atoms with Crippen molar-refractivity contribution in [1.29, 1.82) is 0 Å². The molecule has 0 aliphatic carbocycles. The molecule has 0 spiro atoms. The highest BCUT2D eigenvalue weighted by Gasteiger charge is 2.22. The molecule has 0 atom stereocenters. The van der Waals surface area contributed by atoms with Crippen LogP contribution in [0.15, 0.2) is 0 Å². The maximum absolute atomic E-state index is 5.64. The van der Waals surface area contributed by atoms with Crippen LogP contribution in [0.25, 0.3) is 0 Å². The molecule has 0 rings (SSSR count). The second-order valence-electron chi connectivity index (χ2n) is 4.83. The molecule has 0 fully saturated rings. The minimum Gasteiger partial charge on any atom is -0.379 e. The average molecular weight is 173 g/mol. The molecule has 2 heteroatoms. The summed E-state index contributed by atoms with van der Waals surface area (Å²) < 4.78 is 5.34. The van der Waals surface area contributed by atoms with E-state index in [2.05, 4.69) is 27.7 Å². The first-order valence-corrected chi connectivity index (χ1v) is 4.58. The van der Waals surface area contributed by atoms with Gasteiger partial charge in [0.05, 0.1) is 5.60 Å². The van der Waals surface area contributed by atoms with E-state index in [1.807, 2.05) is 0 Å². The normalized spacial score (nSPS) is 13.5. The summed E-state index contributed by atoms with van der Waals surface area (Å²) in [6.45, 7) is 9.35. The molecule has 0 unspecified atom stereocenters. The van der Waals surface area contributed by atoms with Crippen LogP contribution in [0.5, 0.6) is 0 Å². The summed E-state index contributed by atoms with van der Waals surface area (Å²) in [7, 11) is 1.76. The van der Waals surface area contributed by atoms with E-state index in [1.165, 1.54) is 0 Å². The first-order chi connectivity index (χ1) is 5.33. The Morgan fingerprint density at radius 1 is 1.08 bits per heavy atom. The maximum Gasteiger partial charge on any atom is 0.0623 e. The molecule has 0 aromatic carbocycles.